The van der Waals surface area contributed by atoms with Gasteiger partial charge >= 0.3 is 0 Å². The first-order valence-corrected chi connectivity index (χ1v) is 14.4. The fourth-order valence-corrected chi connectivity index (χ4v) is 5.41. The first-order valence-electron chi connectivity index (χ1n) is 12.4. The van der Waals surface area contributed by atoms with E-state index >= 15 is 0 Å². The van der Waals surface area contributed by atoms with Gasteiger partial charge in [0.2, 0.25) is 10.0 Å². The van der Waals surface area contributed by atoms with Crippen LogP contribution in [0.25, 0.3) is 22.3 Å². The molecule has 1 aliphatic rings. The molecule has 204 valence electrons. The molecule has 40 heavy (non-hydrogen) atoms. The van der Waals surface area contributed by atoms with E-state index in [0.29, 0.717) is 41.2 Å². The summed E-state index contributed by atoms with van der Waals surface area (Å²) in [6.45, 7) is 0.860. The van der Waals surface area contributed by atoms with Crippen LogP contribution in [0.3, 0.4) is 0 Å². The molecule has 0 radical (unpaired) electrons. The van der Waals surface area contributed by atoms with E-state index in [1.54, 1.807) is 35.2 Å². The Morgan fingerprint density at radius 1 is 0.950 bits per heavy atom. The molecule has 5 rings (SSSR count). The van der Waals surface area contributed by atoms with E-state index in [2.05, 4.69) is 10.3 Å². The van der Waals surface area contributed by atoms with Crippen molar-refractivity contribution < 1.29 is 18.0 Å². The fraction of sp³-hybridized carbons (Fsp3) is 0.138. The second-order valence-corrected chi connectivity index (χ2v) is 11.5. The van der Waals surface area contributed by atoms with Crippen LogP contribution in [-0.4, -0.2) is 49.2 Å². The van der Waals surface area contributed by atoms with Crippen LogP contribution < -0.4 is 16.2 Å². The van der Waals surface area contributed by atoms with Gasteiger partial charge in [-0.2, -0.15) is 0 Å². The topological polar surface area (TPSA) is 148 Å². The zero-order valence-electron chi connectivity index (χ0n) is 21.2. The molecule has 1 saturated heterocycles. The molecule has 11 heteroatoms. The van der Waals surface area contributed by atoms with Crippen molar-refractivity contribution in [1.29, 1.82) is 0 Å². The lowest BCUT2D eigenvalue weighted by atomic mass is 10.0. The van der Waals surface area contributed by atoms with Gasteiger partial charge in [0.1, 0.15) is 5.82 Å². The Balaban J connectivity index is 1.24. The Morgan fingerprint density at radius 3 is 2.30 bits per heavy atom. The SMILES string of the molecule is Nc1ncc(-c2ccc(S(N)(=O)=O)cc2)cc1C(=O)N[C@@H]1CCN(C(=O)c2ccc(-c3ccccc3Cl)cc2)C1. The number of nitrogen functional groups attached to an aromatic ring is 1. The van der Waals surface area contributed by atoms with Gasteiger partial charge in [0.15, 0.2) is 0 Å². The number of nitrogens with two attached hydrogens (primary N) is 2. The van der Waals surface area contributed by atoms with Crippen molar-refractivity contribution in [3.8, 4) is 22.3 Å². The number of anilines is 1. The number of hydrogen-bond donors (Lipinski definition) is 3. The number of halogens is 1. The quantitative estimate of drug-likeness (QED) is 0.317. The summed E-state index contributed by atoms with van der Waals surface area (Å²) in [5.41, 5.74) is 9.78. The largest absolute Gasteiger partial charge is 0.383 e. The lowest BCUT2D eigenvalue weighted by Crippen LogP contribution is -2.38. The first-order chi connectivity index (χ1) is 19.1. The van der Waals surface area contributed by atoms with Crippen molar-refractivity contribution >= 4 is 39.3 Å². The number of nitrogens with one attached hydrogen (secondary N) is 1. The van der Waals surface area contributed by atoms with Gasteiger partial charge in [-0.15, -0.1) is 0 Å². The lowest BCUT2D eigenvalue weighted by molar-refractivity contribution is 0.0783. The van der Waals surface area contributed by atoms with E-state index in [4.69, 9.17) is 22.5 Å². The predicted octanol–water partition coefficient (Wildman–Crippen LogP) is 3.94. The number of likely N-dealkylation sites (tertiary alicyclic amines) is 1. The van der Waals surface area contributed by atoms with Crippen LogP contribution in [0.2, 0.25) is 5.02 Å². The molecule has 0 bridgehead atoms. The molecular weight excluding hydrogens is 550 g/mol. The highest BCUT2D eigenvalue weighted by atomic mass is 35.5. The van der Waals surface area contributed by atoms with Gasteiger partial charge < -0.3 is 16.0 Å². The molecule has 4 aromatic rings. The van der Waals surface area contributed by atoms with E-state index in [1.807, 2.05) is 36.4 Å². The molecule has 1 atom stereocenters. The molecule has 5 N–H and O–H groups in total. The molecule has 1 aliphatic heterocycles. The Bertz CT molecular complexity index is 1690. The van der Waals surface area contributed by atoms with E-state index in [0.717, 1.165) is 11.1 Å². The maximum atomic E-state index is 13.1. The van der Waals surface area contributed by atoms with Crippen molar-refractivity contribution in [1.82, 2.24) is 15.2 Å². The van der Waals surface area contributed by atoms with Gasteiger partial charge in [-0.05, 0) is 53.9 Å². The maximum absolute atomic E-state index is 13.1. The minimum atomic E-state index is -3.82. The van der Waals surface area contributed by atoms with Gasteiger partial charge in [-0.1, -0.05) is 54.1 Å². The number of carbonyl (C=O) groups is 2. The van der Waals surface area contributed by atoms with Crippen LogP contribution in [-0.2, 0) is 10.0 Å². The summed E-state index contributed by atoms with van der Waals surface area (Å²) in [5.74, 6) is -0.461. The highest BCUT2D eigenvalue weighted by molar-refractivity contribution is 7.89. The van der Waals surface area contributed by atoms with Crippen LogP contribution in [0.1, 0.15) is 27.1 Å². The second kappa shape index (κ2) is 11.1. The smallest absolute Gasteiger partial charge is 0.255 e. The number of sulfonamides is 1. The van der Waals surface area contributed by atoms with Crippen LogP contribution in [0, 0.1) is 0 Å². The summed E-state index contributed by atoms with van der Waals surface area (Å²) >= 11 is 6.29. The fourth-order valence-electron chi connectivity index (χ4n) is 4.65. The molecule has 2 heterocycles. The standard InChI is InChI=1S/C29H26ClN5O4S/c30-26-4-2-1-3-24(26)19-5-7-20(8-6-19)29(37)35-14-13-22(17-35)34-28(36)25-15-21(16-33-27(25)31)18-9-11-23(12-10-18)40(32,38)39/h1-12,15-16,22H,13-14,17H2,(H2,31,33)(H,34,36)(H2,32,38,39)/t22-/m1/s1. The highest BCUT2D eigenvalue weighted by Gasteiger charge is 2.29. The molecule has 0 spiro atoms. The second-order valence-electron chi connectivity index (χ2n) is 9.49. The van der Waals surface area contributed by atoms with Crippen molar-refractivity contribution in [3.63, 3.8) is 0 Å². The van der Waals surface area contributed by atoms with Crippen molar-refractivity contribution in [2.45, 2.75) is 17.4 Å². The van der Waals surface area contributed by atoms with Crippen LogP contribution in [0.15, 0.2) is 90.0 Å². The third-order valence-electron chi connectivity index (χ3n) is 6.81. The van der Waals surface area contributed by atoms with E-state index < -0.39 is 15.9 Å². The average Bonchev–Trinajstić information content (AvgIpc) is 3.41. The van der Waals surface area contributed by atoms with Gasteiger partial charge in [0.05, 0.1) is 10.5 Å². The molecule has 3 aromatic carbocycles. The monoisotopic (exact) mass is 575 g/mol. The minimum Gasteiger partial charge on any atom is -0.383 e. The zero-order valence-corrected chi connectivity index (χ0v) is 22.8. The number of aromatic nitrogens is 1. The zero-order chi connectivity index (χ0) is 28.4. The third kappa shape index (κ3) is 5.84. The first kappa shape index (κ1) is 27.3. The lowest BCUT2D eigenvalue weighted by Gasteiger charge is -2.18. The third-order valence-corrected chi connectivity index (χ3v) is 8.07. The number of nitrogens with zero attached hydrogens (tertiary/aromatic N) is 2. The van der Waals surface area contributed by atoms with E-state index in [-0.39, 0.29) is 28.2 Å². The molecule has 9 nitrogen and oxygen atoms in total. The molecular formula is C29H26ClN5O4S. The Hall–Kier alpha value is -4.25. The molecule has 0 aliphatic carbocycles. The average molecular weight is 576 g/mol. The van der Waals surface area contributed by atoms with Crippen LogP contribution >= 0.6 is 11.6 Å². The molecule has 0 saturated carbocycles. The van der Waals surface area contributed by atoms with Crippen LogP contribution in [0.4, 0.5) is 5.82 Å². The van der Waals surface area contributed by atoms with Crippen molar-refractivity contribution in [2.75, 3.05) is 18.8 Å². The van der Waals surface area contributed by atoms with Gasteiger partial charge in [-0.25, -0.2) is 18.5 Å². The summed E-state index contributed by atoms with van der Waals surface area (Å²) in [7, 11) is -3.82. The highest BCUT2D eigenvalue weighted by Crippen LogP contribution is 2.28. The summed E-state index contributed by atoms with van der Waals surface area (Å²) in [5, 5.41) is 8.76. The number of rotatable bonds is 6. The molecule has 1 aromatic heterocycles. The number of amides is 2. The Morgan fingerprint density at radius 2 is 1.62 bits per heavy atom. The minimum absolute atomic E-state index is 0.0190. The van der Waals surface area contributed by atoms with Crippen molar-refractivity contribution in [2.24, 2.45) is 5.14 Å². The molecule has 1 fully saturated rings. The Kier molecular flexibility index (Phi) is 7.57. The number of hydrogen-bond acceptors (Lipinski definition) is 6. The summed E-state index contributed by atoms with van der Waals surface area (Å²) in [4.78, 5) is 32.0. The van der Waals surface area contributed by atoms with Crippen molar-refractivity contribution in [3.05, 3.63) is 101 Å². The number of pyridine rings is 1. The van der Waals surface area contributed by atoms with Gasteiger partial charge in [0.25, 0.3) is 11.8 Å². The Labute approximate surface area is 236 Å². The normalized spacial score (nSPS) is 15.2. The van der Waals surface area contributed by atoms with Gasteiger partial charge in [-0.3, -0.25) is 9.59 Å². The summed E-state index contributed by atoms with van der Waals surface area (Å²) < 4.78 is 23.0. The number of primary sulfonamides is 1. The van der Waals surface area contributed by atoms with Gasteiger partial charge in [0, 0.05) is 47.0 Å². The number of carbonyl (C=O) groups excluding carboxylic acids is 2. The summed E-state index contributed by atoms with van der Waals surface area (Å²) in [6, 6.07) is 22.1. The van der Waals surface area contributed by atoms with E-state index in [9.17, 15) is 18.0 Å². The number of benzene rings is 3. The summed E-state index contributed by atoms with van der Waals surface area (Å²) in [6.07, 6.45) is 2.10. The van der Waals surface area contributed by atoms with Crippen LogP contribution in [0.5, 0.6) is 0 Å². The maximum Gasteiger partial charge on any atom is 0.255 e. The molecule has 2 amide bonds. The predicted molar refractivity (Wildman–Crippen MR) is 154 cm³/mol. The van der Waals surface area contributed by atoms with E-state index in [1.165, 1.54) is 18.3 Å². The molecule has 0 unspecified atom stereocenters.